The van der Waals surface area contributed by atoms with Crippen LogP contribution in [0.25, 0.3) is 11.0 Å². The van der Waals surface area contributed by atoms with Gasteiger partial charge in [-0.05, 0) is 32.0 Å². The summed E-state index contributed by atoms with van der Waals surface area (Å²) in [6.07, 6.45) is 5.36. The highest BCUT2D eigenvalue weighted by molar-refractivity contribution is 5.75. The fourth-order valence-electron chi connectivity index (χ4n) is 2.69. The van der Waals surface area contributed by atoms with Crippen LogP contribution in [0.15, 0.2) is 36.9 Å². The van der Waals surface area contributed by atoms with Crippen molar-refractivity contribution in [3.05, 3.63) is 42.7 Å². The summed E-state index contributed by atoms with van der Waals surface area (Å²) in [6.45, 7) is 3.97. The van der Waals surface area contributed by atoms with Crippen LogP contribution in [0.4, 0.5) is 0 Å². The number of nitrogens with one attached hydrogen (secondary N) is 1. The molecule has 0 fully saturated rings. The largest absolute Gasteiger partial charge is 0.331 e. The van der Waals surface area contributed by atoms with Crippen LogP contribution < -0.4 is 5.32 Å². The van der Waals surface area contributed by atoms with Gasteiger partial charge in [-0.15, -0.1) is 0 Å². The topological polar surface area (TPSA) is 60.6 Å². The molecule has 6 heteroatoms. The average Bonchev–Trinajstić information content (AvgIpc) is 3.13. The van der Waals surface area contributed by atoms with Gasteiger partial charge >= 0.3 is 0 Å². The van der Waals surface area contributed by atoms with Gasteiger partial charge in [0.15, 0.2) is 0 Å². The van der Waals surface area contributed by atoms with E-state index in [1.165, 1.54) is 5.52 Å². The smallest absolute Gasteiger partial charge is 0.137 e. The predicted octanol–water partition coefficient (Wildman–Crippen LogP) is 1.78. The molecule has 0 bridgehead atoms. The number of nitrogens with zero attached hydrogens (tertiary/aromatic N) is 5. The molecule has 0 aliphatic heterocycles. The Hall–Kier alpha value is -2.21. The summed E-state index contributed by atoms with van der Waals surface area (Å²) in [7, 11) is 2.09. The number of aromatic nitrogens is 5. The summed E-state index contributed by atoms with van der Waals surface area (Å²) in [4.78, 5) is 8.66. The van der Waals surface area contributed by atoms with E-state index in [-0.39, 0.29) is 0 Å². The van der Waals surface area contributed by atoms with Crippen LogP contribution in [0, 0.1) is 0 Å². The molecule has 1 N–H and O–H groups in total. The summed E-state index contributed by atoms with van der Waals surface area (Å²) < 4.78 is 4.04. The molecule has 116 valence electrons. The van der Waals surface area contributed by atoms with E-state index in [1.54, 1.807) is 12.7 Å². The minimum absolute atomic E-state index is 0.377. The minimum atomic E-state index is 0.377. The number of hydrogen-bond acceptors (Lipinski definition) is 4. The maximum atomic E-state index is 4.70. The quantitative estimate of drug-likeness (QED) is 0.675. The lowest BCUT2D eigenvalue weighted by molar-refractivity contribution is 0.446. The average molecular weight is 298 g/mol. The normalized spacial score (nSPS) is 12.8. The molecule has 22 heavy (non-hydrogen) atoms. The maximum absolute atomic E-state index is 4.70. The van der Waals surface area contributed by atoms with Crippen LogP contribution in [0.1, 0.15) is 19.2 Å². The van der Waals surface area contributed by atoms with E-state index < -0.39 is 0 Å². The summed E-state index contributed by atoms with van der Waals surface area (Å²) in [5.41, 5.74) is 2.28. The van der Waals surface area contributed by atoms with Crippen molar-refractivity contribution in [1.29, 1.82) is 0 Å². The first-order chi connectivity index (χ1) is 10.7. The van der Waals surface area contributed by atoms with Gasteiger partial charge in [-0.1, -0.05) is 12.1 Å². The predicted molar refractivity (Wildman–Crippen MR) is 86.5 cm³/mol. The fraction of sp³-hybridized carbons (Fsp3) is 0.438. The Morgan fingerprint density at radius 3 is 2.91 bits per heavy atom. The fourth-order valence-corrected chi connectivity index (χ4v) is 2.69. The van der Waals surface area contributed by atoms with E-state index in [2.05, 4.69) is 52.1 Å². The molecule has 2 aromatic heterocycles. The van der Waals surface area contributed by atoms with Crippen molar-refractivity contribution in [2.24, 2.45) is 7.05 Å². The zero-order valence-electron chi connectivity index (χ0n) is 13.1. The number of fused-ring (bicyclic) bond motifs is 1. The Balaban J connectivity index is 1.47. The molecule has 0 spiro atoms. The first-order valence-electron chi connectivity index (χ1n) is 7.70. The van der Waals surface area contributed by atoms with E-state index in [9.17, 15) is 0 Å². The monoisotopic (exact) mass is 298 g/mol. The van der Waals surface area contributed by atoms with Gasteiger partial charge < -0.3 is 9.88 Å². The molecule has 6 nitrogen and oxygen atoms in total. The van der Waals surface area contributed by atoms with Crippen molar-refractivity contribution in [1.82, 2.24) is 29.6 Å². The molecule has 0 radical (unpaired) electrons. The van der Waals surface area contributed by atoms with Gasteiger partial charge in [-0.25, -0.2) is 9.97 Å². The van der Waals surface area contributed by atoms with Gasteiger partial charge in [0, 0.05) is 19.5 Å². The Labute approximate surface area is 130 Å². The van der Waals surface area contributed by atoms with Crippen LogP contribution >= 0.6 is 0 Å². The number of para-hydroxylation sites is 2. The van der Waals surface area contributed by atoms with Crippen LogP contribution in [-0.4, -0.2) is 36.9 Å². The lowest BCUT2D eigenvalue weighted by Gasteiger charge is -2.13. The molecule has 0 saturated heterocycles. The molecular formula is C16H22N6. The Morgan fingerprint density at radius 2 is 2.14 bits per heavy atom. The number of hydrogen-bond donors (Lipinski definition) is 1. The molecule has 3 rings (SSSR count). The SMILES string of the molecule is C[C@H](Cn1cncn1)NCCCc1nc2ccccc2n1C. The van der Waals surface area contributed by atoms with E-state index in [0.29, 0.717) is 6.04 Å². The highest BCUT2D eigenvalue weighted by atomic mass is 15.3. The standard InChI is InChI=1S/C16H22N6/c1-13(10-22-12-17-11-19-22)18-9-5-8-16-20-14-6-3-4-7-15(14)21(16)2/h3-4,6-7,11-13,18H,5,8-10H2,1-2H3/t13-/m1/s1. The summed E-state index contributed by atoms with van der Waals surface area (Å²) >= 11 is 0. The van der Waals surface area contributed by atoms with Crippen LogP contribution in [-0.2, 0) is 20.0 Å². The number of imidazole rings is 1. The van der Waals surface area contributed by atoms with Crippen LogP contribution in [0.3, 0.4) is 0 Å². The molecule has 2 heterocycles. The third-order valence-electron chi connectivity index (χ3n) is 3.88. The molecular weight excluding hydrogens is 276 g/mol. The molecule has 0 saturated carbocycles. The zero-order chi connectivity index (χ0) is 15.4. The molecule has 0 amide bonds. The Morgan fingerprint density at radius 1 is 1.27 bits per heavy atom. The molecule has 1 aromatic carbocycles. The van der Waals surface area contributed by atoms with E-state index >= 15 is 0 Å². The van der Waals surface area contributed by atoms with E-state index in [4.69, 9.17) is 4.98 Å². The number of benzene rings is 1. The number of rotatable bonds is 7. The lowest BCUT2D eigenvalue weighted by atomic mass is 10.2. The minimum Gasteiger partial charge on any atom is -0.331 e. The van der Waals surface area contributed by atoms with E-state index in [1.807, 2.05) is 10.7 Å². The first kappa shape index (κ1) is 14.7. The van der Waals surface area contributed by atoms with Crippen molar-refractivity contribution in [2.75, 3.05) is 6.54 Å². The van der Waals surface area contributed by atoms with Crippen molar-refractivity contribution in [3.8, 4) is 0 Å². The summed E-state index contributed by atoms with van der Waals surface area (Å²) in [6, 6.07) is 8.65. The van der Waals surface area contributed by atoms with Crippen molar-refractivity contribution in [2.45, 2.75) is 32.4 Å². The lowest BCUT2D eigenvalue weighted by Crippen LogP contribution is -2.31. The van der Waals surface area contributed by atoms with Gasteiger partial charge in [-0.2, -0.15) is 5.10 Å². The molecule has 1 atom stereocenters. The first-order valence-corrected chi connectivity index (χ1v) is 7.70. The Kier molecular flexibility index (Phi) is 4.48. The highest BCUT2D eigenvalue weighted by Crippen LogP contribution is 2.14. The second-order valence-electron chi connectivity index (χ2n) is 5.65. The molecule has 3 aromatic rings. The number of aryl methyl sites for hydroxylation is 2. The van der Waals surface area contributed by atoms with Gasteiger partial charge in [0.05, 0.1) is 17.6 Å². The van der Waals surface area contributed by atoms with Crippen molar-refractivity contribution in [3.63, 3.8) is 0 Å². The summed E-state index contributed by atoms with van der Waals surface area (Å²) in [5.74, 6) is 1.15. The van der Waals surface area contributed by atoms with Gasteiger partial charge in [-0.3, -0.25) is 4.68 Å². The zero-order valence-corrected chi connectivity index (χ0v) is 13.1. The molecule has 0 aliphatic rings. The third kappa shape index (κ3) is 3.33. The van der Waals surface area contributed by atoms with Crippen molar-refractivity contribution >= 4 is 11.0 Å². The summed E-state index contributed by atoms with van der Waals surface area (Å²) in [5, 5.41) is 7.64. The van der Waals surface area contributed by atoms with Gasteiger partial charge in [0.2, 0.25) is 0 Å². The highest BCUT2D eigenvalue weighted by Gasteiger charge is 2.07. The van der Waals surface area contributed by atoms with Gasteiger partial charge in [0.1, 0.15) is 18.5 Å². The van der Waals surface area contributed by atoms with Crippen LogP contribution in [0.2, 0.25) is 0 Å². The van der Waals surface area contributed by atoms with Crippen LogP contribution in [0.5, 0.6) is 0 Å². The van der Waals surface area contributed by atoms with Gasteiger partial charge in [0.25, 0.3) is 0 Å². The second kappa shape index (κ2) is 6.70. The second-order valence-corrected chi connectivity index (χ2v) is 5.65. The maximum Gasteiger partial charge on any atom is 0.137 e. The third-order valence-corrected chi connectivity index (χ3v) is 3.88. The van der Waals surface area contributed by atoms with E-state index in [0.717, 1.165) is 37.3 Å². The molecule has 0 aliphatic carbocycles. The van der Waals surface area contributed by atoms with Crippen molar-refractivity contribution < 1.29 is 0 Å². The molecule has 0 unspecified atom stereocenters. The Bertz CT molecular complexity index is 715.